The number of aromatic hydroxyl groups is 1. The molecule has 1 aliphatic heterocycles. The first-order chi connectivity index (χ1) is 19.2. The van der Waals surface area contributed by atoms with E-state index in [9.17, 15) is 23.1 Å². The summed E-state index contributed by atoms with van der Waals surface area (Å²) in [7, 11) is 0. The zero-order valence-corrected chi connectivity index (χ0v) is 23.3. The fraction of sp³-hybridized carbons (Fsp3) is 0.333. The van der Waals surface area contributed by atoms with Crippen LogP contribution in [0.15, 0.2) is 42.5 Å². The number of guanidine groups is 1. The van der Waals surface area contributed by atoms with Crippen molar-refractivity contribution in [3.05, 3.63) is 75.8 Å². The minimum Gasteiger partial charge on any atom is -0.507 e. The molecule has 4 rings (SSSR count). The van der Waals surface area contributed by atoms with Gasteiger partial charge in [-0.05, 0) is 99.7 Å². The van der Waals surface area contributed by atoms with E-state index in [-0.39, 0.29) is 35.3 Å². The highest BCUT2D eigenvalue weighted by atomic mass is 19.4. The number of amides is 1. The number of carbonyl (C=O) groups excluding carboxylic acids is 1. The van der Waals surface area contributed by atoms with Crippen LogP contribution in [0.1, 0.15) is 57.9 Å². The van der Waals surface area contributed by atoms with Crippen LogP contribution in [0.25, 0.3) is 0 Å². The molecule has 11 heteroatoms. The third-order valence-electron chi connectivity index (χ3n) is 7.45. The van der Waals surface area contributed by atoms with Crippen molar-refractivity contribution in [3.63, 3.8) is 0 Å². The number of phenolic OH excluding ortho intramolecular Hbond substituents is 1. The molecule has 218 valence electrons. The second kappa shape index (κ2) is 11.2. The minimum absolute atomic E-state index is 0.0175. The van der Waals surface area contributed by atoms with E-state index >= 15 is 0 Å². The average Bonchev–Trinajstić information content (AvgIpc) is 2.90. The van der Waals surface area contributed by atoms with E-state index < -0.39 is 23.2 Å². The largest absolute Gasteiger partial charge is 0.507 e. The SMILES string of the molecule is Cc1c(C)c2c(c(C)c1O)CCC(C)(CCOc1ccc(NC(=O)c3ccc(NC(=N)N)cc3)cc1C(F)(F)F)O2. The molecule has 0 bridgehead atoms. The second-order valence-electron chi connectivity index (χ2n) is 10.5. The molecule has 3 aromatic carbocycles. The summed E-state index contributed by atoms with van der Waals surface area (Å²) in [6.45, 7) is 7.44. The van der Waals surface area contributed by atoms with Gasteiger partial charge in [-0.3, -0.25) is 10.2 Å². The van der Waals surface area contributed by atoms with Crippen LogP contribution >= 0.6 is 0 Å². The second-order valence-corrected chi connectivity index (χ2v) is 10.5. The van der Waals surface area contributed by atoms with E-state index in [0.29, 0.717) is 30.7 Å². The van der Waals surface area contributed by atoms with Gasteiger partial charge in [0.15, 0.2) is 5.96 Å². The van der Waals surface area contributed by atoms with Crippen LogP contribution in [-0.2, 0) is 12.6 Å². The first kappa shape index (κ1) is 29.6. The normalized spacial score (nSPS) is 16.4. The van der Waals surface area contributed by atoms with E-state index in [1.54, 1.807) is 0 Å². The van der Waals surface area contributed by atoms with E-state index in [2.05, 4.69) is 10.6 Å². The number of rotatable bonds is 7. The van der Waals surface area contributed by atoms with Crippen molar-refractivity contribution in [2.24, 2.45) is 5.73 Å². The van der Waals surface area contributed by atoms with Crippen molar-refractivity contribution in [1.82, 2.24) is 0 Å². The lowest BCUT2D eigenvalue weighted by Crippen LogP contribution is -2.38. The van der Waals surface area contributed by atoms with E-state index in [4.69, 9.17) is 20.6 Å². The number of fused-ring (bicyclic) bond motifs is 1. The Labute approximate surface area is 236 Å². The number of benzene rings is 3. The van der Waals surface area contributed by atoms with Gasteiger partial charge >= 0.3 is 6.18 Å². The molecule has 0 aromatic heterocycles. The standard InChI is InChI=1S/C30H33F3N4O4/c1-16-17(2)26-22(18(3)25(16)38)11-12-29(4,41-26)13-14-40-24-10-9-21(15-23(24)30(31,32)33)36-27(39)19-5-7-20(8-6-19)37-28(34)35/h5-10,15,38H,11-14H2,1-4H3,(H,36,39)(H4,34,35,37). The quantitative estimate of drug-likeness (QED) is 0.164. The number of anilines is 2. The van der Waals surface area contributed by atoms with Crippen LogP contribution in [0.3, 0.4) is 0 Å². The monoisotopic (exact) mass is 570 g/mol. The van der Waals surface area contributed by atoms with Crippen molar-refractivity contribution < 1.29 is 32.5 Å². The lowest BCUT2D eigenvalue weighted by atomic mass is 9.86. The number of carbonyl (C=O) groups is 1. The van der Waals surface area contributed by atoms with Crippen LogP contribution in [0.5, 0.6) is 17.2 Å². The summed E-state index contributed by atoms with van der Waals surface area (Å²) < 4.78 is 53.8. The van der Waals surface area contributed by atoms with Gasteiger partial charge in [0.25, 0.3) is 5.91 Å². The Hall–Kier alpha value is -4.41. The van der Waals surface area contributed by atoms with Gasteiger partial charge in [-0.15, -0.1) is 0 Å². The van der Waals surface area contributed by atoms with Crippen LogP contribution in [0.2, 0.25) is 0 Å². The first-order valence-electron chi connectivity index (χ1n) is 13.1. The van der Waals surface area contributed by atoms with E-state index in [1.807, 2.05) is 27.7 Å². The number of hydrogen-bond donors (Lipinski definition) is 5. The molecule has 1 aliphatic rings. The topological polar surface area (TPSA) is 130 Å². The fourth-order valence-electron chi connectivity index (χ4n) is 4.87. The molecule has 0 fully saturated rings. The highest BCUT2D eigenvalue weighted by molar-refractivity contribution is 6.04. The molecule has 3 aromatic rings. The fourth-order valence-corrected chi connectivity index (χ4v) is 4.87. The number of nitrogens with one attached hydrogen (secondary N) is 3. The Balaban J connectivity index is 1.44. The molecular weight excluding hydrogens is 537 g/mol. The van der Waals surface area contributed by atoms with Crippen molar-refractivity contribution in [3.8, 4) is 17.2 Å². The van der Waals surface area contributed by atoms with Crippen LogP contribution in [0.4, 0.5) is 24.5 Å². The smallest absolute Gasteiger partial charge is 0.420 e. The van der Waals surface area contributed by atoms with Crippen LogP contribution < -0.4 is 25.8 Å². The molecule has 0 saturated heterocycles. The highest BCUT2D eigenvalue weighted by Crippen LogP contribution is 2.44. The maximum absolute atomic E-state index is 13.9. The van der Waals surface area contributed by atoms with Gasteiger partial charge in [0.1, 0.15) is 22.8 Å². The Morgan fingerprint density at radius 3 is 2.37 bits per heavy atom. The summed E-state index contributed by atoms with van der Waals surface area (Å²) in [5.41, 5.74) is 7.60. The molecule has 0 radical (unpaired) electrons. The predicted octanol–water partition coefficient (Wildman–Crippen LogP) is 6.45. The van der Waals surface area contributed by atoms with Gasteiger partial charge in [-0.25, -0.2) is 0 Å². The molecule has 1 amide bonds. The third-order valence-corrected chi connectivity index (χ3v) is 7.45. The van der Waals surface area contributed by atoms with Gasteiger partial charge in [0.2, 0.25) is 0 Å². The van der Waals surface area contributed by atoms with E-state index in [0.717, 1.165) is 28.3 Å². The number of nitrogens with two attached hydrogens (primary N) is 1. The van der Waals surface area contributed by atoms with Crippen LogP contribution in [0, 0.1) is 26.2 Å². The average molecular weight is 571 g/mol. The van der Waals surface area contributed by atoms with Gasteiger partial charge in [-0.1, -0.05) is 0 Å². The Bertz CT molecular complexity index is 1490. The van der Waals surface area contributed by atoms with Crippen molar-refractivity contribution in [2.75, 3.05) is 17.2 Å². The van der Waals surface area contributed by atoms with Gasteiger partial charge in [0, 0.05) is 28.9 Å². The summed E-state index contributed by atoms with van der Waals surface area (Å²) in [4.78, 5) is 12.6. The Kier molecular flexibility index (Phi) is 8.10. The number of phenols is 1. The molecule has 41 heavy (non-hydrogen) atoms. The van der Waals surface area contributed by atoms with Crippen molar-refractivity contribution in [1.29, 1.82) is 5.41 Å². The lowest BCUT2D eigenvalue weighted by Gasteiger charge is -2.38. The summed E-state index contributed by atoms with van der Waals surface area (Å²) in [6, 6.07) is 9.36. The molecule has 8 nitrogen and oxygen atoms in total. The molecule has 6 N–H and O–H groups in total. The molecule has 1 atom stereocenters. The zero-order chi connectivity index (χ0) is 30.1. The zero-order valence-electron chi connectivity index (χ0n) is 23.3. The summed E-state index contributed by atoms with van der Waals surface area (Å²) in [5, 5.41) is 22.7. The molecule has 1 unspecified atom stereocenters. The predicted molar refractivity (Wildman–Crippen MR) is 151 cm³/mol. The number of alkyl halides is 3. The summed E-state index contributed by atoms with van der Waals surface area (Å²) >= 11 is 0. The molecular formula is C30H33F3N4O4. The number of hydrogen-bond acceptors (Lipinski definition) is 5. The Morgan fingerprint density at radius 1 is 1.07 bits per heavy atom. The van der Waals surface area contributed by atoms with Gasteiger partial charge in [0.05, 0.1) is 12.2 Å². The third kappa shape index (κ3) is 6.50. The number of halogens is 3. The molecule has 0 spiro atoms. The number of ether oxygens (including phenoxy) is 2. The lowest BCUT2D eigenvalue weighted by molar-refractivity contribution is -0.139. The molecule has 0 aliphatic carbocycles. The highest BCUT2D eigenvalue weighted by Gasteiger charge is 2.37. The van der Waals surface area contributed by atoms with E-state index in [1.165, 1.54) is 36.4 Å². The maximum Gasteiger partial charge on any atom is 0.420 e. The summed E-state index contributed by atoms with van der Waals surface area (Å²) in [5.74, 6) is -0.236. The molecule has 0 saturated carbocycles. The first-order valence-corrected chi connectivity index (χ1v) is 13.1. The maximum atomic E-state index is 13.9. The summed E-state index contributed by atoms with van der Waals surface area (Å²) in [6.07, 6.45) is -3.08. The molecule has 1 heterocycles. The Morgan fingerprint density at radius 2 is 1.73 bits per heavy atom. The van der Waals surface area contributed by atoms with Crippen molar-refractivity contribution in [2.45, 2.75) is 58.7 Å². The minimum atomic E-state index is -4.71. The van der Waals surface area contributed by atoms with Crippen LogP contribution in [-0.4, -0.2) is 29.2 Å². The van der Waals surface area contributed by atoms with Gasteiger partial charge in [-0.2, -0.15) is 13.2 Å². The van der Waals surface area contributed by atoms with Gasteiger partial charge < -0.3 is 30.9 Å². The van der Waals surface area contributed by atoms with Crippen molar-refractivity contribution >= 4 is 23.2 Å².